The van der Waals surface area contributed by atoms with Crippen LogP contribution in [0, 0.1) is 5.82 Å². The fourth-order valence-corrected chi connectivity index (χ4v) is 2.00. The van der Waals surface area contributed by atoms with E-state index >= 15 is 0 Å². The topological polar surface area (TPSA) is 12.0 Å². The third kappa shape index (κ3) is 2.50. The number of hydrogen-bond acceptors (Lipinski definition) is 1. The highest BCUT2D eigenvalue weighted by atomic mass is 35.5. The van der Waals surface area contributed by atoms with E-state index in [0.29, 0.717) is 6.04 Å². The molecule has 82 valence electrons. The van der Waals surface area contributed by atoms with Gasteiger partial charge in [-0.2, -0.15) is 0 Å². The van der Waals surface area contributed by atoms with Gasteiger partial charge in [0, 0.05) is 12.1 Å². The fourth-order valence-electron chi connectivity index (χ4n) is 1.81. The first-order valence-electron chi connectivity index (χ1n) is 5.38. The summed E-state index contributed by atoms with van der Waals surface area (Å²) in [6.07, 6.45) is 3.81. The van der Waals surface area contributed by atoms with Gasteiger partial charge in [0.25, 0.3) is 0 Å². The minimum atomic E-state index is -0.351. The average molecular weight is 228 g/mol. The number of nitrogens with one attached hydrogen (secondary N) is 1. The summed E-state index contributed by atoms with van der Waals surface area (Å²) in [7, 11) is 0. The van der Waals surface area contributed by atoms with Gasteiger partial charge in [-0.1, -0.05) is 24.1 Å². The lowest BCUT2D eigenvalue weighted by Crippen LogP contribution is -2.36. The predicted octanol–water partition coefficient (Wildman–Crippen LogP) is 3.68. The second-order valence-electron chi connectivity index (χ2n) is 4.19. The maximum atomic E-state index is 12.9. The Kier molecular flexibility index (Phi) is 3.27. The lowest BCUT2D eigenvalue weighted by molar-refractivity contribution is 0.313. The average Bonchev–Trinajstić information content (AvgIpc) is 2.15. The Bertz CT molecular complexity index is 349. The van der Waals surface area contributed by atoms with Crippen LogP contribution in [0.5, 0.6) is 0 Å². The van der Waals surface area contributed by atoms with Crippen LogP contribution in [0.1, 0.15) is 37.8 Å². The van der Waals surface area contributed by atoms with E-state index in [2.05, 4.69) is 12.2 Å². The number of halogens is 2. The van der Waals surface area contributed by atoms with Crippen molar-refractivity contribution in [3.05, 3.63) is 34.6 Å². The molecule has 1 aliphatic carbocycles. The van der Waals surface area contributed by atoms with Crippen LogP contribution in [0.3, 0.4) is 0 Å². The van der Waals surface area contributed by atoms with Crippen LogP contribution in [0.15, 0.2) is 18.2 Å². The smallest absolute Gasteiger partial charge is 0.141 e. The van der Waals surface area contributed by atoms with Crippen molar-refractivity contribution in [3.63, 3.8) is 0 Å². The van der Waals surface area contributed by atoms with Gasteiger partial charge in [0.15, 0.2) is 0 Å². The summed E-state index contributed by atoms with van der Waals surface area (Å²) in [6, 6.07) is 5.79. The van der Waals surface area contributed by atoms with Crippen molar-refractivity contribution in [2.75, 3.05) is 0 Å². The van der Waals surface area contributed by atoms with Crippen LogP contribution in [0.2, 0.25) is 5.02 Å². The minimum absolute atomic E-state index is 0.203. The zero-order valence-corrected chi connectivity index (χ0v) is 9.52. The maximum Gasteiger partial charge on any atom is 0.141 e. The van der Waals surface area contributed by atoms with Crippen molar-refractivity contribution < 1.29 is 4.39 Å². The molecule has 1 nitrogen and oxygen atoms in total. The third-order valence-electron chi connectivity index (χ3n) is 3.03. The van der Waals surface area contributed by atoms with E-state index in [-0.39, 0.29) is 16.9 Å². The molecule has 0 saturated heterocycles. The van der Waals surface area contributed by atoms with E-state index in [1.807, 2.05) is 0 Å². The van der Waals surface area contributed by atoms with Crippen LogP contribution >= 0.6 is 11.6 Å². The van der Waals surface area contributed by atoms with Gasteiger partial charge in [-0.3, -0.25) is 0 Å². The van der Waals surface area contributed by atoms with Crippen LogP contribution in [0.25, 0.3) is 0 Å². The minimum Gasteiger partial charge on any atom is -0.307 e. The van der Waals surface area contributed by atoms with Gasteiger partial charge < -0.3 is 5.32 Å². The van der Waals surface area contributed by atoms with Crippen LogP contribution in [-0.4, -0.2) is 6.04 Å². The molecule has 0 bridgehead atoms. The summed E-state index contributed by atoms with van der Waals surface area (Å²) in [6.45, 7) is 2.09. The van der Waals surface area contributed by atoms with Crippen molar-refractivity contribution in [2.45, 2.75) is 38.3 Å². The highest BCUT2D eigenvalue weighted by Crippen LogP contribution is 2.25. The van der Waals surface area contributed by atoms with Gasteiger partial charge in [0.2, 0.25) is 0 Å². The first kappa shape index (κ1) is 10.9. The lowest BCUT2D eigenvalue weighted by Gasteiger charge is -2.30. The molecule has 1 atom stereocenters. The van der Waals surface area contributed by atoms with Crippen molar-refractivity contribution in [1.29, 1.82) is 0 Å². The summed E-state index contributed by atoms with van der Waals surface area (Å²) >= 11 is 5.74. The number of benzene rings is 1. The molecular formula is C12H15ClFN. The third-order valence-corrected chi connectivity index (χ3v) is 3.32. The molecule has 1 N–H and O–H groups in total. The summed E-state index contributed by atoms with van der Waals surface area (Å²) < 4.78 is 12.9. The highest BCUT2D eigenvalue weighted by molar-refractivity contribution is 6.30. The van der Waals surface area contributed by atoms with Gasteiger partial charge in [-0.25, -0.2) is 4.39 Å². The van der Waals surface area contributed by atoms with Crippen LogP contribution in [0.4, 0.5) is 4.39 Å². The SMILES string of the molecule is CC(NC1CCC1)c1ccc(F)c(Cl)c1. The van der Waals surface area contributed by atoms with E-state index < -0.39 is 0 Å². The van der Waals surface area contributed by atoms with Crippen LogP contribution < -0.4 is 5.32 Å². The lowest BCUT2D eigenvalue weighted by atomic mass is 9.92. The van der Waals surface area contributed by atoms with E-state index in [1.54, 1.807) is 12.1 Å². The first-order valence-corrected chi connectivity index (χ1v) is 5.75. The Hall–Kier alpha value is -0.600. The van der Waals surface area contributed by atoms with Gasteiger partial charge in [0.1, 0.15) is 5.82 Å². The molecule has 1 aromatic carbocycles. The molecule has 0 aliphatic heterocycles. The van der Waals surface area contributed by atoms with Crippen molar-refractivity contribution in [1.82, 2.24) is 5.32 Å². The second kappa shape index (κ2) is 4.50. The van der Waals surface area contributed by atoms with E-state index in [9.17, 15) is 4.39 Å². The standard InChI is InChI=1S/C12H15ClFN/c1-8(15-10-3-2-4-10)9-5-6-12(14)11(13)7-9/h5-8,10,15H,2-4H2,1H3. The molecular weight excluding hydrogens is 213 g/mol. The van der Waals surface area contributed by atoms with E-state index in [4.69, 9.17) is 11.6 Å². The molecule has 0 spiro atoms. The zero-order chi connectivity index (χ0) is 10.8. The molecule has 1 unspecified atom stereocenters. The Labute approximate surface area is 94.6 Å². The predicted molar refractivity (Wildman–Crippen MR) is 60.6 cm³/mol. The van der Waals surface area contributed by atoms with Gasteiger partial charge in [-0.05, 0) is 37.5 Å². The molecule has 1 aromatic rings. The van der Waals surface area contributed by atoms with Gasteiger partial charge >= 0.3 is 0 Å². The molecule has 1 aliphatic rings. The van der Waals surface area contributed by atoms with Crippen molar-refractivity contribution in [2.24, 2.45) is 0 Å². The molecule has 3 heteroatoms. The van der Waals surface area contributed by atoms with Gasteiger partial charge in [0.05, 0.1) is 5.02 Å². The quantitative estimate of drug-likeness (QED) is 0.831. The monoisotopic (exact) mass is 227 g/mol. The van der Waals surface area contributed by atoms with E-state index in [0.717, 1.165) is 5.56 Å². The Morgan fingerprint density at radius 2 is 2.20 bits per heavy atom. The molecule has 0 aromatic heterocycles. The molecule has 2 rings (SSSR count). The van der Waals surface area contributed by atoms with Gasteiger partial charge in [-0.15, -0.1) is 0 Å². The summed E-state index contributed by atoms with van der Waals surface area (Å²) in [5, 5.41) is 3.70. The number of rotatable bonds is 3. The number of hydrogen-bond donors (Lipinski definition) is 1. The van der Waals surface area contributed by atoms with E-state index in [1.165, 1.54) is 25.3 Å². The summed E-state index contributed by atoms with van der Waals surface area (Å²) in [4.78, 5) is 0. The Morgan fingerprint density at radius 1 is 1.47 bits per heavy atom. The normalized spacial score (nSPS) is 18.6. The largest absolute Gasteiger partial charge is 0.307 e. The zero-order valence-electron chi connectivity index (χ0n) is 8.76. The summed E-state index contributed by atoms with van der Waals surface area (Å²) in [5.74, 6) is -0.351. The first-order chi connectivity index (χ1) is 7.16. The maximum absolute atomic E-state index is 12.9. The molecule has 15 heavy (non-hydrogen) atoms. The molecule has 0 heterocycles. The molecule has 0 radical (unpaired) electrons. The molecule has 0 amide bonds. The van der Waals surface area contributed by atoms with Crippen molar-refractivity contribution in [3.8, 4) is 0 Å². The van der Waals surface area contributed by atoms with Crippen molar-refractivity contribution >= 4 is 11.6 Å². The second-order valence-corrected chi connectivity index (χ2v) is 4.60. The fraction of sp³-hybridized carbons (Fsp3) is 0.500. The Balaban J connectivity index is 2.03. The molecule has 1 fully saturated rings. The van der Waals surface area contributed by atoms with Crippen LogP contribution in [-0.2, 0) is 0 Å². The summed E-state index contributed by atoms with van der Waals surface area (Å²) in [5.41, 5.74) is 1.05. The highest BCUT2D eigenvalue weighted by Gasteiger charge is 2.19. The Morgan fingerprint density at radius 3 is 2.73 bits per heavy atom. The molecule has 1 saturated carbocycles.